The fraction of sp³-hybridized carbons (Fsp3) is 0. The molecule has 1 aromatic carbocycles. The molecule has 1 aromatic heterocycles. The maximum atomic E-state index is 13.2. The summed E-state index contributed by atoms with van der Waals surface area (Å²) in [6.45, 7) is 0. The lowest BCUT2D eigenvalue weighted by atomic mass is 10.1. The van der Waals surface area contributed by atoms with E-state index in [1.54, 1.807) is 24.3 Å². The van der Waals surface area contributed by atoms with Crippen molar-refractivity contribution in [2.45, 2.75) is 0 Å². The molecule has 0 unspecified atom stereocenters. The first-order valence-corrected chi connectivity index (χ1v) is 5.10. The first-order chi connectivity index (χ1) is 8.24. The van der Waals surface area contributed by atoms with Gasteiger partial charge in [-0.15, -0.1) is 0 Å². The number of nitrogens with one attached hydrogen (secondary N) is 1. The Morgan fingerprint density at radius 2 is 2.18 bits per heavy atom. The van der Waals surface area contributed by atoms with Gasteiger partial charge in [0, 0.05) is 11.3 Å². The van der Waals surface area contributed by atoms with Gasteiger partial charge < -0.3 is 9.73 Å². The number of carbonyl (C=O) groups excluding carboxylic acids is 1. The molecule has 1 aliphatic heterocycles. The van der Waals surface area contributed by atoms with E-state index in [0.717, 1.165) is 0 Å². The summed E-state index contributed by atoms with van der Waals surface area (Å²) in [6, 6.07) is 7.66. The molecule has 0 radical (unpaired) electrons. The van der Waals surface area contributed by atoms with Gasteiger partial charge >= 0.3 is 0 Å². The van der Waals surface area contributed by atoms with E-state index < -0.39 is 0 Å². The van der Waals surface area contributed by atoms with Gasteiger partial charge in [0.05, 0.1) is 11.8 Å². The van der Waals surface area contributed by atoms with Crippen LogP contribution in [0.2, 0.25) is 0 Å². The molecule has 1 amide bonds. The van der Waals surface area contributed by atoms with Crippen molar-refractivity contribution >= 4 is 23.2 Å². The van der Waals surface area contributed by atoms with E-state index in [4.69, 9.17) is 4.42 Å². The molecule has 1 N–H and O–H groups in total. The van der Waals surface area contributed by atoms with E-state index in [2.05, 4.69) is 5.32 Å². The maximum absolute atomic E-state index is 13.2. The molecule has 4 heteroatoms. The number of benzene rings is 1. The maximum Gasteiger partial charge on any atom is 0.256 e. The zero-order chi connectivity index (χ0) is 11.8. The SMILES string of the molecule is O=C1Nc2ccc(F)cc2C1=Cc1ccco1. The van der Waals surface area contributed by atoms with E-state index in [1.807, 2.05) is 0 Å². The van der Waals surface area contributed by atoms with Gasteiger partial charge in [-0.25, -0.2) is 4.39 Å². The summed E-state index contributed by atoms with van der Waals surface area (Å²) >= 11 is 0. The van der Waals surface area contributed by atoms with Crippen LogP contribution in [-0.4, -0.2) is 5.91 Å². The molecule has 3 nitrogen and oxygen atoms in total. The lowest BCUT2D eigenvalue weighted by Gasteiger charge is -1.97. The number of hydrogen-bond donors (Lipinski definition) is 1. The van der Waals surface area contributed by atoms with Crippen molar-refractivity contribution in [1.29, 1.82) is 0 Å². The Morgan fingerprint density at radius 1 is 1.29 bits per heavy atom. The first-order valence-electron chi connectivity index (χ1n) is 5.10. The van der Waals surface area contributed by atoms with Crippen molar-refractivity contribution in [3.8, 4) is 0 Å². The molecule has 2 aromatic rings. The summed E-state index contributed by atoms with van der Waals surface area (Å²) in [7, 11) is 0. The van der Waals surface area contributed by atoms with E-state index in [1.165, 1.54) is 18.4 Å². The number of carbonyl (C=O) groups is 1. The molecule has 3 rings (SSSR count). The Bertz CT molecular complexity index is 614. The van der Waals surface area contributed by atoms with Gasteiger partial charge in [0.2, 0.25) is 0 Å². The number of anilines is 1. The first kappa shape index (κ1) is 9.84. The minimum absolute atomic E-state index is 0.248. The summed E-state index contributed by atoms with van der Waals surface area (Å²) in [5.41, 5.74) is 1.59. The Labute approximate surface area is 96.6 Å². The minimum Gasteiger partial charge on any atom is -0.465 e. The van der Waals surface area contributed by atoms with E-state index in [0.29, 0.717) is 22.6 Å². The molecular formula is C13H8FNO2. The number of furan rings is 1. The monoisotopic (exact) mass is 229 g/mol. The van der Waals surface area contributed by atoms with Crippen LogP contribution in [0.3, 0.4) is 0 Å². The lowest BCUT2D eigenvalue weighted by molar-refractivity contribution is -0.110. The summed E-state index contributed by atoms with van der Waals surface area (Å²) in [4.78, 5) is 11.7. The van der Waals surface area contributed by atoms with Crippen LogP contribution in [0.25, 0.3) is 11.6 Å². The van der Waals surface area contributed by atoms with Crippen molar-refractivity contribution in [2.24, 2.45) is 0 Å². The van der Waals surface area contributed by atoms with Gasteiger partial charge in [-0.05, 0) is 36.4 Å². The van der Waals surface area contributed by atoms with Gasteiger partial charge in [-0.1, -0.05) is 0 Å². The number of amides is 1. The van der Waals surface area contributed by atoms with Gasteiger partial charge in [0.15, 0.2) is 0 Å². The molecule has 0 aliphatic carbocycles. The molecule has 0 saturated heterocycles. The van der Waals surface area contributed by atoms with Crippen LogP contribution < -0.4 is 5.32 Å². The summed E-state index contributed by atoms with van der Waals surface area (Å²) in [6.07, 6.45) is 3.12. The van der Waals surface area contributed by atoms with Crippen LogP contribution >= 0.6 is 0 Å². The van der Waals surface area contributed by atoms with Crippen molar-refractivity contribution < 1.29 is 13.6 Å². The van der Waals surface area contributed by atoms with Crippen molar-refractivity contribution in [1.82, 2.24) is 0 Å². The Hall–Kier alpha value is -2.36. The minimum atomic E-state index is -0.370. The number of hydrogen-bond acceptors (Lipinski definition) is 2. The van der Waals surface area contributed by atoms with Crippen molar-refractivity contribution in [2.75, 3.05) is 5.32 Å². The molecule has 0 spiro atoms. The van der Waals surface area contributed by atoms with Gasteiger partial charge in [0.1, 0.15) is 11.6 Å². The molecule has 0 fully saturated rings. The van der Waals surface area contributed by atoms with Crippen LogP contribution in [0, 0.1) is 5.82 Å². The average Bonchev–Trinajstić information content (AvgIpc) is 2.90. The average molecular weight is 229 g/mol. The quantitative estimate of drug-likeness (QED) is 0.764. The lowest BCUT2D eigenvalue weighted by Crippen LogP contribution is -2.03. The molecule has 2 heterocycles. The number of halogens is 1. The topological polar surface area (TPSA) is 42.2 Å². The Balaban J connectivity index is 2.13. The smallest absolute Gasteiger partial charge is 0.256 e. The predicted octanol–water partition coefficient (Wildman–Crippen LogP) is 2.91. The molecule has 0 saturated carbocycles. The number of fused-ring (bicyclic) bond motifs is 1. The van der Waals surface area contributed by atoms with Crippen LogP contribution in [0.5, 0.6) is 0 Å². The number of rotatable bonds is 1. The van der Waals surface area contributed by atoms with E-state index >= 15 is 0 Å². The Kier molecular flexibility index (Phi) is 2.08. The van der Waals surface area contributed by atoms with Gasteiger partial charge in [0.25, 0.3) is 5.91 Å². The van der Waals surface area contributed by atoms with Crippen LogP contribution in [0.15, 0.2) is 41.0 Å². The highest BCUT2D eigenvalue weighted by atomic mass is 19.1. The zero-order valence-electron chi connectivity index (χ0n) is 8.74. The summed E-state index contributed by atoms with van der Waals surface area (Å²) in [5.74, 6) is -0.0557. The molecule has 84 valence electrons. The fourth-order valence-electron chi connectivity index (χ4n) is 1.82. The predicted molar refractivity (Wildman–Crippen MR) is 61.6 cm³/mol. The highest BCUT2D eigenvalue weighted by molar-refractivity contribution is 6.34. The van der Waals surface area contributed by atoms with E-state index in [-0.39, 0.29) is 11.7 Å². The standard InChI is InChI=1S/C13H8FNO2/c14-8-3-4-12-10(6-8)11(13(16)15-12)7-9-2-1-5-17-9/h1-7H,(H,15,16). The second kappa shape index (κ2) is 3.59. The molecule has 1 aliphatic rings. The molecule has 0 atom stereocenters. The largest absolute Gasteiger partial charge is 0.465 e. The third kappa shape index (κ3) is 1.63. The Morgan fingerprint density at radius 3 is 2.94 bits per heavy atom. The summed E-state index contributed by atoms with van der Waals surface area (Å²) in [5, 5.41) is 2.67. The zero-order valence-corrected chi connectivity index (χ0v) is 8.74. The van der Waals surface area contributed by atoms with Crippen molar-refractivity contribution in [3.05, 3.63) is 53.7 Å². The highest BCUT2D eigenvalue weighted by Gasteiger charge is 2.24. The van der Waals surface area contributed by atoms with Gasteiger partial charge in [-0.2, -0.15) is 0 Å². The molecule has 0 bridgehead atoms. The third-order valence-electron chi connectivity index (χ3n) is 2.59. The van der Waals surface area contributed by atoms with E-state index in [9.17, 15) is 9.18 Å². The molecular weight excluding hydrogens is 221 g/mol. The molecule has 17 heavy (non-hydrogen) atoms. The van der Waals surface area contributed by atoms with Crippen LogP contribution in [-0.2, 0) is 4.79 Å². The normalized spacial score (nSPS) is 16.1. The van der Waals surface area contributed by atoms with Crippen molar-refractivity contribution in [3.63, 3.8) is 0 Å². The second-order valence-corrected chi connectivity index (χ2v) is 3.72. The van der Waals surface area contributed by atoms with Crippen LogP contribution in [0.4, 0.5) is 10.1 Å². The third-order valence-corrected chi connectivity index (χ3v) is 2.59. The highest BCUT2D eigenvalue weighted by Crippen LogP contribution is 2.33. The summed E-state index contributed by atoms with van der Waals surface area (Å²) < 4.78 is 18.3. The fourth-order valence-corrected chi connectivity index (χ4v) is 1.82. The second-order valence-electron chi connectivity index (χ2n) is 3.72. The van der Waals surface area contributed by atoms with Gasteiger partial charge in [-0.3, -0.25) is 4.79 Å². The van der Waals surface area contributed by atoms with Crippen LogP contribution in [0.1, 0.15) is 11.3 Å².